The zero-order valence-electron chi connectivity index (χ0n) is 17.0. The molecule has 0 saturated heterocycles. The predicted molar refractivity (Wildman–Crippen MR) is 118 cm³/mol. The van der Waals surface area contributed by atoms with Crippen molar-refractivity contribution in [3.63, 3.8) is 0 Å². The van der Waals surface area contributed by atoms with E-state index in [4.69, 9.17) is 14.5 Å². The molecule has 1 amide bonds. The van der Waals surface area contributed by atoms with Gasteiger partial charge in [0.05, 0.1) is 19.9 Å². The number of hydrogen-bond acceptors (Lipinski definition) is 6. The third-order valence-corrected chi connectivity index (χ3v) is 4.83. The monoisotopic (exact) mass is 402 g/mol. The second-order valence-electron chi connectivity index (χ2n) is 6.71. The molecular weight excluding hydrogens is 380 g/mol. The molecule has 4 rings (SSSR count). The number of carbonyl (C=O) groups is 1. The van der Waals surface area contributed by atoms with E-state index in [9.17, 15) is 4.79 Å². The van der Waals surface area contributed by atoms with Gasteiger partial charge in [-0.1, -0.05) is 30.3 Å². The van der Waals surface area contributed by atoms with Crippen molar-refractivity contribution in [3.8, 4) is 11.5 Å². The summed E-state index contributed by atoms with van der Waals surface area (Å²) in [5.41, 5.74) is 2.32. The molecule has 1 unspecified atom stereocenters. The standard InChI is InChI=1S/C23H22N4O3/c1-15-9-8-14-20-26-22(25-17-11-5-7-13-19(17)30-3)21(23(28)27(15)20)24-16-10-4-6-12-18(16)29-2/h4-14,22,25H,1-3H3. The number of methoxy groups -OCH3 is 2. The second-order valence-corrected chi connectivity index (χ2v) is 6.71. The molecule has 2 heterocycles. The lowest BCUT2D eigenvalue weighted by molar-refractivity contribution is -0.119. The van der Waals surface area contributed by atoms with Crippen LogP contribution in [-0.4, -0.2) is 42.7 Å². The smallest absolute Gasteiger partial charge is 0.282 e. The number of fused-ring (bicyclic) bond motifs is 1. The number of para-hydroxylation sites is 4. The van der Waals surface area contributed by atoms with E-state index in [0.29, 0.717) is 23.0 Å². The van der Waals surface area contributed by atoms with Crippen molar-refractivity contribution in [2.45, 2.75) is 13.1 Å². The van der Waals surface area contributed by atoms with Gasteiger partial charge < -0.3 is 14.8 Å². The molecule has 2 aromatic carbocycles. The van der Waals surface area contributed by atoms with Gasteiger partial charge in [0.15, 0.2) is 11.9 Å². The van der Waals surface area contributed by atoms with E-state index in [1.165, 1.54) is 0 Å². The van der Waals surface area contributed by atoms with E-state index in [1.807, 2.05) is 61.5 Å². The second kappa shape index (κ2) is 8.24. The summed E-state index contributed by atoms with van der Waals surface area (Å²) in [4.78, 5) is 24.5. The first kappa shape index (κ1) is 19.4. The summed E-state index contributed by atoms with van der Waals surface area (Å²) in [6, 6.07) is 14.8. The molecule has 0 bridgehead atoms. The van der Waals surface area contributed by atoms with Gasteiger partial charge in [-0.3, -0.25) is 9.69 Å². The number of amides is 1. The fraction of sp³-hybridized carbons (Fsp3) is 0.174. The minimum atomic E-state index is -0.694. The molecule has 1 atom stereocenters. The maximum absolute atomic E-state index is 13.5. The number of benzene rings is 2. The van der Waals surface area contributed by atoms with E-state index in [-0.39, 0.29) is 11.6 Å². The number of carbonyl (C=O) groups excluding carboxylic acids is 1. The molecule has 0 aromatic heterocycles. The van der Waals surface area contributed by atoms with Crippen LogP contribution in [0.1, 0.15) is 6.92 Å². The van der Waals surface area contributed by atoms with Crippen LogP contribution < -0.4 is 14.8 Å². The number of nitrogens with zero attached hydrogens (tertiary/aromatic N) is 3. The molecule has 1 N–H and O–H groups in total. The number of hydrogen-bond donors (Lipinski definition) is 1. The third-order valence-electron chi connectivity index (χ3n) is 4.83. The van der Waals surface area contributed by atoms with Gasteiger partial charge >= 0.3 is 0 Å². The zero-order valence-corrected chi connectivity index (χ0v) is 17.0. The summed E-state index contributed by atoms with van der Waals surface area (Å²) < 4.78 is 10.8. The first-order chi connectivity index (χ1) is 14.6. The largest absolute Gasteiger partial charge is 0.495 e. The molecular formula is C23H22N4O3. The topological polar surface area (TPSA) is 75.5 Å². The number of anilines is 1. The van der Waals surface area contributed by atoms with E-state index in [2.05, 4.69) is 10.3 Å². The zero-order chi connectivity index (χ0) is 21.1. The highest BCUT2D eigenvalue weighted by molar-refractivity contribution is 6.46. The van der Waals surface area contributed by atoms with Crippen molar-refractivity contribution in [1.82, 2.24) is 4.90 Å². The quantitative estimate of drug-likeness (QED) is 0.822. The van der Waals surface area contributed by atoms with Gasteiger partial charge in [-0.15, -0.1) is 0 Å². The number of allylic oxidation sites excluding steroid dienone is 3. The van der Waals surface area contributed by atoms with E-state index >= 15 is 0 Å². The maximum Gasteiger partial charge on any atom is 0.282 e. The molecule has 0 saturated carbocycles. The van der Waals surface area contributed by atoms with Gasteiger partial charge in [0.2, 0.25) is 0 Å². The summed E-state index contributed by atoms with van der Waals surface area (Å²) >= 11 is 0. The Morgan fingerprint density at radius 2 is 1.73 bits per heavy atom. The Kier molecular flexibility index (Phi) is 5.34. The normalized spacial score (nSPS) is 19.2. The van der Waals surface area contributed by atoms with Crippen molar-refractivity contribution in [3.05, 3.63) is 72.5 Å². The summed E-state index contributed by atoms with van der Waals surface area (Å²) in [6.45, 7) is 1.87. The number of nitrogens with one attached hydrogen (secondary N) is 1. The fourth-order valence-electron chi connectivity index (χ4n) is 3.37. The highest BCUT2D eigenvalue weighted by Crippen LogP contribution is 2.30. The van der Waals surface area contributed by atoms with Crippen molar-refractivity contribution >= 4 is 28.8 Å². The van der Waals surface area contributed by atoms with Crippen LogP contribution in [0.25, 0.3) is 0 Å². The Bertz CT molecular complexity index is 1100. The van der Waals surface area contributed by atoms with Gasteiger partial charge in [-0.2, -0.15) is 0 Å². The van der Waals surface area contributed by atoms with Crippen LogP contribution in [0.4, 0.5) is 11.4 Å². The molecule has 0 aliphatic carbocycles. The highest BCUT2D eigenvalue weighted by Gasteiger charge is 2.36. The Balaban J connectivity index is 1.82. The summed E-state index contributed by atoms with van der Waals surface area (Å²) in [7, 11) is 3.17. The highest BCUT2D eigenvalue weighted by atomic mass is 16.5. The van der Waals surface area contributed by atoms with Crippen LogP contribution in [0.2, 0.25) is 0 Å². The Morgan fingerprint density at radius 3 is 2.50 bits per heavy atom. The van der Waals surface area contributed by atoms with Gasteiger partial charge in [0.1, 0.15) is 23.0 Å². The Hall–Kier alpha value is -3.87. The average molecular weight is 402 g/mol. The van der Waals surface area contributed by atoms with Crippen LogP contribution in [0, 0.1) is 0 Å². The number of aliphatic imine (C=N–C) groups is 2. The predicted octanol–water partition coefficient (Wildman–Crippen LogP) is 3.93. The third kappa shape index (κ3) is 3.57. The minimum Gasteiger partial charge on any atom is -0.495 e. The number of ether oxygens (including phenoxy) is 2. The lowest BCUT2D eigenvalue weighted by Crippen LogP contribution is -2.51. The molecule has 2 aromatic rings. The van der Waals surface area contributed by atoms with Crippen molar-refractivity contribution < 1.29 is 14.3 Å². The Morgan fingerprint density at radius 1 is 1.03 bits per heavy atom. The molecule has 7 nitrogen and oxygen atoms in total. The number of rotatable bonds is 5. The minimum absolute atomic E-state index is 0.239. The molecule has 0 spiro atoms. The first-order valence-corrected chi connectivity index (χ1v) is 9.50. The van der Waals surface area contributed by atoms with Crippen LogP contribution in [0.5, 0.6) is 11.5 Å². The first-order valence-electron chi connectivity index (χ1n) is 9.50. The summed E-state index contributed by atoms with van der Waals surface area (Å²) in [5, 5.41) is 3.30. The van der Waals surface area contributed by atoms with Gasteiger partial charge in [-0.25, -0.2) is 9.98 Å². The Labute approximate surface area is 175 Å². The van der Waals surface area contributed by atoms with E-state index in [1.54, 1.807) is 31.3 Å². The van der Waals surface area contributed by atoms with E-state index in [0.717, 1.165) is 11.4 Å². The lowest BCUT2D eigenvalue weighted by Gasteiger charge is -2.33. The molecule has 30 heavy (non-hydrogen) atoms. The van der Waals surface area contributed by atoms with Crippen LogP contribution in [-0.2, 0) is 4.79 Å². The fourth-order valence-corrected chi connectivity index (χ4v) is 3.37. The van der Waals surface area contributed by atoms with Crippen molar-refractivity contribution in [2.24, 2.45) is 9.98 Å². The SMILES string of the molecule is COc1ccccc1N=C1C(=O)N2C(C)=CC=CC2=NC1Nc1ccccc1OC. The molecule has 152 valence electrons. The summed E-state index contributed by atoms with van der Waals surface area (Å²) in [5.74, 6) is 1.55. The lowest BCUT2D eigenvalue weighted by atomic mass is 10.1. The van der Waals surface area contributed by atoms with Crippen LogP contribution >= 0.6 is 0 Å². The van der Waals surface area contributed by atoms with E-state index < -0.39 is 6.17 Å². The molecule has 2 aliphatic rings. The molecule has 2 aliphatic heterocycles. The van der Waals surface area contributed by atoms with Crippen LogP contribution in [0.3, 0.4) is 0 Å². The van der Waals surface area contributed by atoms with Crippen molar-refractivity contribution in [1.29, 1.82) is 0 Å². The molecule has 7 heteroatoms. The molecule has 0 radical (unpaired) electrons. The summed E-state index contributed by atoms with van der Waals surface area (Å²) in [6.07, 6.45) is 4.86. The van der Waals surface area contributed by atoms with Crippen LogP contribution in [0.15, 0.2) is 82.4 Å². The number of amidine groups is 1. The van der Waals surface area contributed by atoms with Crippen molar-refractivity contribution in [2.75, 3.05) is 19.5 Å². The van der Waals surface area contributed by atoms with Gasteiger partial charge in [-0.05, 0) is 43.3 Å². The van der Waals surface area contributed by atoms with Gasteiger partial charge in [0, 0.05) is 5.70 Å². The van der Waals surface area contributed by atoms with Gasteiger partial charge in [0.25, 0.3) is 5.91 Å². The maximum atomic E-state index is 13.5. The molecule has 0 fully saturated rings. The average Bonchev–Trinajstić information content (AvgIpc) is 2.77.